The van der Waals surface area contributed by atoms with Crippen LogP contribution in [0.4, 0.5) is 5.69 Å². The number of nitrogens with zero attached hydrogens (tertiary/aromatic N) is 1. The van der Waals surface area contributed by atoms with Gasteiger partial charge in [-0.25, -0.2) is 0 Å². The summed E-state index contributed by atoms with van der Waals surface area (Å²) >= 11 is 7.50. The minimum absolute atomic E-state index is 0.0518. The Hall–Kier alpha value is -2.64. The molecule has 1 N–H and O–H groups in total. The highest BCUT2D eigenvalue weighted by molar-refractivity contribution is 7.13. The van der Waals surface area contributed by atoms with Crippen molar-refractivity contribution in [3.63, 3.8) is 0 Å². The molecule has 2 aromatic heterocycles. The molecule has 6 nitrogen and oxygen atoms in total. The van der Waals surface area contributed by atoms with E-state index in [0.717, 1.165) is 16.7 Å². The summed E-state index contributed by atoms with van der Waals surface area (Å²) in [6, 6.07) is 11.2. The van der Waals surface area contributed by atoms with Gasteiger partial charge < -0.3 is 9.73 Å². The predicted octanol–water partition coefficient (Wildman–Crippen LogP) is 4.50. The molecule has 0 fully saturated rings. The maximum atomic E-state index is 12.2. The van der Waals surface area contributed by atoms with Crippen LogP contribution in [0.15, 0.2) is 52.3 Å². The molecule has 0 spiro atoms. The summed E-state index contributed by atoms with van der Waals surface area (Å²) < 4.78 is 5.66. The molecule has 24 heavy (non-hydrogen) atoms. The molecule has 0 saturated carbocycles. The summed E-state index contributed by atoms with van der Waals surface area (Å²) in [6.45, 7) is 0.156. The van der Waals surface area contributed by atoms with Crippen molar-refractivity contribution < 1.29 is 14.1 Å². The maximum Gasteiger partial charge on any atom is 0.270 e. The van der Waals surface area contributed by atoms with E-state index >= 15 is 0 Å². The minimum Gasteiger partial charge on any atom is -0.458 e. The minimum atomic E-state index is -0.576. The van der Waals surface area contributed by atoms with Crippen LogP contribution in [0.1, 0.15) is 16.1 Å². The van der Waals surface area contributed by atoms with Crippen LogP contribution in [0, 0.1) is 10.1 Å². The number of nitro benzene ring substituents is 1. The van der Waals surface area contributed by atoms with Gasteiger partial charge in [0.2, 0.25) is 0 Å². The van der Waals surface area contributed by atoms with Gasteiger partial charge in [0.15, 0.2) is 0 Å². The highest BCUT2D eigenvalue weighted by Gasteiger charge is 2.16. The number of nitro groups is 1. The summed E-state index contributed by atoms with van der Waals surface area (Å²) in [5.41, 5.74) is -0.140. The summed E-state index contributed by atoms with van der Waals surface area (Å²) in [4.78, 5) is 23.4. The number of thiophene rings is 1. The zero-order valence-corrected chi connectivity index (χ0v) is 13.8. The van der Waals surface area contributed by atoms with Crippen molar-refractivity contribution in [1.29, 1.82) is 0 Å². The normalized spacial score (nSPS) is 10.5. The number of carbonyl (C=O) groups is 1. The standard InChI is InChI=1S/C16H11ClN2O4S/c17-13-5-3-10(19(21)22)8-12(13)16(20)18-9-11-4-6-14(23-11)15-2-1-7-24-15/h1-8H,9H2,(H,18,20). The van der Waals surface area contributed by atoms with E-state index in [2.05, 4.69) is 5.32 Å². The van der Waals surface area contributed by atoms with Crippen LogP contribution in [0.3, 0.4) is 0 Å². The van der Waals surface area contributed by atoms with Gasteiger partial charge in [-0.2, -0.15) is 0 Å². The summed E-state index contributed by atoms with van der Waals surface area (Å²) in [6.07, 6.45) is 0. The van der Waals surface area contributed by atoms with Gasteiger partial charge in [-0.3, -0.25) is 14.9 Å². The smallest absolute Gasteiger partial charge is 0.270 e. The van der Waals surface area contributed by atoms with Crippen molar-refractivity contribution in [3.05, 3.63) is 74.3 Å². The topological polar surface area (TPSA) is 85.4 Å². The molecule has 1 aromatic carbocycles. The lowest BCUT2D eigenvalue weighted by Gasteiger charge is -2.05. The highest BCUT2D eigenvalue weighted by Crippen LogP contribution is 2.26. The first-order valence-corrected chi connectivity index (χ1v) is 8.15. The molecule has 2 heterocycles. The Morgan fingerprint density at radius 2 is 2.12 bits per heavy atom. The Labute approximate surface area is 145 Å². The van der Waals surface area contributed by atoms with Crippen LogP contribution >= 0.6 is 22.9 Å². The van der Waals surface area contributed by atoms with Gasteiger partial charge >= 0.3 is 0 Å². The molecule has 1 amide bonds. The van der Waals surface area contributed by atoms with Gasteiger partial charge in [0, 0.05) is 12.1 Å². The third-order valence-corrected chi connectivity index (χ3v) is 4.47. The average Bonchev–Trinajstić information content (AvgIpc) is 3.24. The number of non-ortho nitro benzene ring substituents is 1. The van der Waals surface area contributed by atoms with Gasteiger partial charge in [0.25, 0.3) is 11.6 Å². The Morgan fingerprint density at radius 1 is 1.29 bits per heavy atom. The maximum absolute atomic E-state index is 12.2. The van der Waals surface area contributed by atoms with Gasteiger partial charge in [-0.1, -0.05) is 17.7 Å². The van der Waals surface area contributed by atoms with E-state index in [9.17, 15) is 14.9 Å². The molecule has 122 valence electrons. The number of rotatable bonds is 5. The molecule has 0 bridgehead atoms. The van der Waals surface area contributed by atoms with Crippen LogP contribution in [0.2, 0.25) is 5.02 Å². The number of hydrogen-bond donors (Lipinski definition) is 1. The monoisotopic (exact) mass is 362 g/mol. The lowest BCUT2D eigenvalue weighted by molar-refractivity contribution is -0.384. The van der Waals surface area contributed by atoms with Crippen molar-refractivity contribution in [2.24, 2.45) is 0 Å². The SMILES string of the molecule is O=C(NCc1ccc(-c2cccs2)o1)c1cc([N+](=O)[O-])ccc1Cl. The fourth-order valence-corrected chi connectivity index (χ4v) is 2.98. The van der Waals surface area contributed by atoms with Gasteiger partial charge in [0.05, 0.1) is 26.9 Å². The Balaban J connectivity index is 1.70. The van der Waals surface area contributed by atoms with Crippen molar-refractivity contribution in [2.45, 2.75) is 6.54 Å². The van der Waals surface area contributed by atoms with Crippen molar-refractivity contribution >= 4 is 34.5 Å². The van der Waals surface area contributed by atoms with E-state index in [1.807, 2.05) is 23.6 Å². The Bertz CT molecular complexity index is 889. The molecule has 0 saturated heterocycles. The van der Waals surface area contributed by atoms with Crippen molar-refractivity contribution in [3.8, 4) is 10.6 Å². The molecule has 0 unspecified atom stereocenters. The second kappa shape index (κ2) is 6.86. The number of nitrogens with one attached hydrogen (secondary N) is 1. The van der Waals surface area contributed by atoms with Crippen LogP contribution in [-0.2, 0) is 6.54 Å². The molecule has 8 heteroatoms. The lowest BCUT2D eigenvalue weighted by Crippen LogP contribution is -2.23. The molecule has 0 aliphatic heterocycles. The fraction of sp³-hybridized carbons (Fsp3) is 0.0625. The van der Waals surface area contributed by atoms with Crippen LogP contribution in [0.25, 0.3) is 10.6 Å². The van der Waals surface area contributed by atoms with Gasteiger partial charge in [-0.15, -0.1) is 11.3 Å². The molecular formula is C16H11ClN2O4S. The Kier molecular flexibility index (Phi) is 4.64. The molecular weight excluding hydrogens is 352 g/mol. The summed E-state index contributed by atoms with van der Waals surface area (Å²) in [5.74, 6) is 0.800. The summed E-state index contributed by atoms with van der Waals surface area (Å²) in [5, 5.41) is 15.5. The molecule has 0 aliphatic rings. The first-order chi connectivity index (χ1) is 11.5. The molecule has 0 radical (unpaired) electrons. The van der Waals surface area contributed by atoms with E-state index in [4.69, 9.17) is 16.0 Å². The number of halogens is 1. The van der Waals surface area contributed by atoms with Crippen LogP contribution < -0.4 is 5.32 Å². The number of carbonyl (C=O) groups excluding carboxylic acids is 1. The predicted molar refractivity (Wildman–Crippen MR) is 91.3 cm³/mol. The van der Waals surface area contributed by atoms with Gasteiger partial charge in [0.1, 0.15) is 11.5 Å². The average molecular weight is 363 g/mol. The Morgan fingerprint density at radius 3 is 2.83 bits per heavy atom. The van der Waals surface area contributed by atoms with E-state index in [-0.39, 0.29) is 22.8 Å². The number of hydrogen-bond acceptors (Lipinski definition) is 5. The highest BCUT2D eigenvalue weighted by atomic mass is 35.5. The zero-order valence-electron chi connectivity index (χ0n) is 12.2. The quantitative estimate of drug-likeness (QED) is 0.535. The van der Waals surface area contributed by atoms with E-state index < -0.39 is 10.8 Å². The number of benzene rings is 1. The molecule has 0 aliphatic carbocycles. The fourth-order valence-electron chi connectivity index (χ4n) is 2.09. The molecule has 3 rings (SSSR count). The first kappa shape index (κ1) is 16.2. The summed E-state index contributed by atoms with van der Waals surface area (Å²) in [7, 11) is 0. The van der Waals surface area contributed by atoms with Crippen molar-refractivity contribution in [2.75, 3.05) is 0 Å². The molecule has 3 aromatic rings. The van der Waals surface area contributed by atoms with Crippen molar-refractivity contribution in [1.82, 2.24) is 5.32 Å². The number of amides is 1. The number of furan rings is 1. The largest absolute Gasteiger partial charge is 0.458 e. The third-order valence-electron chi connectivity index (χ3n) is 3.25. The second-order valence-electron chi connectivity index (χ2n) is 4.85. The lowest BCUT2D eigenvalue weighted by atomic mass is 10.2. The van der Waals surface area contributed by atoms with Gasteiger partial charge in [-0.05, 0) is 29.6 Å². The van der Waals surface area contributed by atoms with Crippen LogP contribution in [0.5, 0.6) is 0 Å². The second-order valence-corrected chi connectivity index (χ2v) is 6.20. The third kappa shape index (κ3) is 3.47. The zero-order chi connectivity index (χ0) is 17.1. The first-order valence-electron chi connectivity index (χ1n) is 6.89. The van der Waals surface area contributed by atoms with Crippen LogP contribution in [-0.4, -0.2) is 10.8 Å². The van der Waals surface area contributed by atoms with E-state index in [1.54, 1.807) is 17.4 Å². The molecule has 0 atom stereocenters. The van der Waals surface area contributed by atoms with E-state index in [1.165, 1.54) is 12.1 Å². The van der Waals surface area contributed by atoms with E-state index in [0.29, 0.717) is 5.76 Å².